The van der Waals surface area contributed by atoms with E-state index in [0.29, 0.717) is 35.4 Å². The van der Waals surface area contributed by atoms with Crippen molar-refractivity contribution in [2.45, 2.75) is 13.0 Å². The molecule has 1 aromatic heterocycles. The van der Waals surface area contributed by atoms with Crippen molar-refractivity contribution in [2.75, 3.05) is 45.3 Å². The first-order valence-electron chi connectivity index (χ1n) is 8.00. The van der Waals surface area contributed by atoms with Crippen LogP contribution in [0.2, 0.25) is 0 Å². The molecule has 7 nitrogen and oxygen atoms in total. The summed E-state index contributed by atoms with van der Waals surface area (Å²) >= 11 is 0. The van der Waals surface area contributed by atoms with E-state index in [1.165, 1.54) is 4.90 Å². The number of anilines is 1. The average molecular weight is 330 g/mol. The molecule has 2 aromatic rings. The standard InChI is InChI=1S/C17H22N4O3/c1-11(22)13-8-12(17(23)20(2)3)9-14-16(13)19-15(10-18-14)21-4-6-24-7-5-21/h8-11,22H,4-7H2,1-3H3. The van der Waals surface area contributed by atoms with E-state index in [2.05, 4.69) is 14.9 Å². The zero-order chi connectivity index (χ0) is 17.3. The van der Waals surface area contributed by atoms with E-state index in [9.17, 15) is 9.90 Å². The van der Waals surface area contributed by atoms with Gasteiger partial charge in [0, 0.05) is 38.3 Å². The van der Waals surface area contributed by atoms with E-state index in [0.717, 1.165) is 18.9 Å². The molecule has 1 aromatic carbocycles. The van der Waals surface area contributed by atoms with Crippen LogP contribution in [0.5, 0.6) is 0 Å². The Morgan fingerprint density at radius 3 is 2.67 bits per heavy atom. The molecule has 128 valence electrons. The second-order valence-corrected chi connectivity index (χ2v) is 6.14. The molecule has 1 amide bonds. The highest BCUT2D eigenvalue weighted by molar-refractivity contribution is 5.98. The van der Waals surface area contributed by atoms with E-state index in [4.69, 9.17) is 4.74 Å². The Balaban J connectivity index is 2.09. The molecule has 1 aliphatic rings. The normalized spacial score (nSPS) is 16.2. The lowest BCUT2D eigenvalue weighted by molar-refractivity contribution is 0.0827. The van der Waals surface area contributed by atoms with Gasteiger partial charge >= 0.3 is 0 Å². The van der Waals surface area contributed by atoms with Crippen LogP contribution in [0, 0.1) is 0 Å². The average Bonchev–Trinajstić information content (AvgIpc) is 2.60. The molecule has 1 atom stereocenters. The number of carbonyl (C=O) groups excluding carboxylic acids is 1. The zero-order valence-corrected chi connectivity index (χ0v) is 14.2. The van der Waals surface area contributed by atoms with Gasteiger partial charge in [-0.2, -0.15) is 0 Å². The molecule has 1 unspecified atom stereocenters. The van der Waals surface area contributed by atoms with Crippen LogP contribution >= 0.6 is 0 Å². The number of aliphatic hydroxyl groups excluding tert-OH is 1. The van der Waals surface area contributed by atoms with Crippen molar-refractivity contribution in [2.24, 2.45) is 0 Å². The fourth-order valence-corrected chi connectivity index (χ4v) is 2.78. The Morgan fingerprint density at radius 1 is 1.33 bits per heavy atom. The van der Waals surface area contributed by atoms with Crippen molar-refractivity contribution in [3.63, 3.8) is 0 Å². The molecule has 1 N–H and O–H groups in total. The number of fused-ring (bicyclic) bond motifs is 1. The summed E-state index contributed by atoms with van der Waals surface area (Å²) in [7, 11) is 3.39. The van der Waals surface area contributed by atoms with Crippen LogP contribution in [0.3, 0.4) is 0 Å². The van der Waals surface area contributed by atoms with Crippen LogP contribution in [0.4, 0.5) is 5.82 Å². The van der Waals surface area contributed by atoms with Gasteiger partial charge in [-0.1, -0.05) is 0 Å². The minimum Gasteiger partial charge on any atom is -0.389 e. The van der Waals surface area contributed by atoms with E-state index >= 15 is 0 Å². The number of ether oxygens (including phenoxy) is 1. The third-order valence-corrected chi connectivity index (χ3v) is 4.10. The van der Waals surface area contributed by atoms with Crippen LogP contribution < -0.4 is 4.90 Å². The Morgan fingerprint density at radius 2 is 2.04 bits per heavy atom. The zero-order valence-electron chi connectivity index (χ0n) is 14.2. The van der Waals surface area contributed by atoms with Crippen LogP contribution in [0.25, 0.3) is 11.0 Å². The molecule has 1 saturated heterocycles. The summed E-state index contributed by atoms with van der Waals surface area (Å²) in [6.07, 6.45) is 0.972. The van der Waals surface area contributed by atoms with Crippen molar-refractivity contribution in [3.05, 3.63) is 29.5 Å². The van der Waals surface area contributed by atoms with E-state index in [1.807, 2.05) is 0 Å². The third-order valence-electron chi connectivity index (χ3n) is 4.10. The molecule has 1 aliphatic heterocycles. The van der Waals surface area contributed by atoms with Crippen LogP contribution in [-0.4, -0.2) is 66.3 Å². The summed E-state index contributed by atoms with van der Waals surface area (Å²) in [4.78, 5) is 25.0. The summed E-state index contributed by atoms with van der Waals surface area (Å²) < 4.78 is 5.36. The monoisotopic (exact) mass is 330 g/mol. The van der Waals surface area contributed by atoms with Crippen molar-refractivity contribution < 1.29 is 14.6 Å². The highest BCUT2D eigenvalue weighted by Crippen LogP contribution is 2.26. The SMILES string of the molecule is CC(O)c1cc(C(=O)N(C)C)cc2ncc(N3CCOCC3)nc12. The largest absolute Gasteiger partial charge is 0.389 e. The second-order valence-electron chi connectivity index (χ2n) is 6.14. The van der Waals surface area contributed by atoms with Gasteiger partial charge in [0.05, 0.1) is 36.5 Å². The Labute approximate surface area is 140 Å². The lowest BCUT2D eigenvalue weighted by Gasteiger charge is -2.27. The predicted octanol–water partition coefficient (Wildman–Crippen LogP) is 1.22. The molecule has 1 fully saturated rings. The Hall–Kier alpha value is -2.25. The van der Waals surface area contributed by atoms with Gasteiger partial charge in [0.15, 0.2) is 0 Å². The Kier molecular flexibility index (Phi) is 4.64. The first-order valence-corrected chi connectivity index (χ1v) is 8.00. The highest BCUT2D eigenvalue weighted by atomic mass is 16.5. The first kappa shape index (κ1) is 16.6. The lowest BCUT2D eigenvalue weighted by atomic mass is 10.0. The number of hydrogen-bond donors (Lipinski definition) is 1. The van der Waals surface area contributed by atoms with Gasteiger partial charge in [-0.05, 0) is 19.1 Å². The molecule has 0 radical (unpaired) electrons. The summed E-state index contributed by atoms with van der Waals surface area (Å²) in [5, 5.41) is 10.1. The number of amides is 1. The molecule has 7 heteroatoms. The van der Waals surface area contributed by atoms with Crippen molar-refractivity contribution in [1.82, 2.24) is 14.9 Å². The number of carbonyl (C=O) groups is 1. The van der Waals surface area contributed by atoms with Crippen molar-refractivity contribution in [1.29, 1.82) is 0 Å². The lowest BCUT2D eigenvalue weighted by Crippen LogP contribution is -2.36. The topological polar surface area (TPSA) is 78.8 Å². The highest BCUT2D eigenvalue weighted by Gasteiger charge is 2.19. The van der Waals surface area contributed by atoms with Crippen LogP contribution in [-0.2, 0) is 4.74 Å². The van der Waals surface area contributed by atoms with Gasteiger partial charge in [-0.15, -0.1) is 0 Å². The number of aliphatic hydroxyl groups is 1. The fourth-order valence-electron chi connectivity index (χ4n) is 2.78. The number of nitrogens with zero attached hydrogens (tertiary/aromatic N) is 4. The molecular weight excluding hydrogens is 308 g/mol. The predicted molar refractivity (Wildman–Crippen MR) is 91.2 cm³/mol. The summed E-state index contributed by atoms with van der Waals surface area (Å²) in [5.74, 6) is 0.636. The molecular formula is C17H22N4O3. The minimum absolute atomic E-state index is 0.127. The number of benzene rings is 1. The maximum atomic E-state index is 12.3. The summed E-state index contributed by atoms with van der Waals surface area (Å²) in [6, 6.07) is 3.42. The molecule has 24 heavy (non-hydrogen) atoms. The number of rotatable bonds is 3. The van der Waals surface area contributed by atoms with Gasteiger partial charge in [0.25, 0.3) is 5.91 Å². The molecule has 0 saturated carbocycles. The van der Waals surface area contributed by atoms with Gasteiger partial charge < -0.3 is 19.6 Å². The summed E-state index contributed by atoms with van der Waals surface area (Å²) in [5.41, 5.74) is 2.34. The van der Waals surface area contributed by atoms with E-state index < -0.39 is 6.10 Å². The number of aromatic nitrogens is 2. The summed E-state index contributed by atoms with van der Waals surface area (Å²) in [6.45, 7) is 4.53. The maximum absolute atomic E-state index is 12.3. The minimum atomic E-state index is -0.739. The molecule has 2 heterocycles. The van der Waals surface area contributed by atoms with Crippen molar-refractivity contribution in [3.8, 4) is 0 Å². The van der Waals surface area contributed by atoms with Gasteiger partial charge in [0.2, 0.25) is 0 Å². The van der Waals surface area contributed by atoms with Crippen LogP contribution in [0.15, 0.2) is 18.3 Å². The van der Waals surface area contributed by atoms with Gasteiger partial charge in [0.1, 0.15) is 5.82 Å². The van der Waals surface area contributed by atoms with Gasteiger partial charge in [-0.3, -0.25) is 9.78 Å². The second kappa shape index (κ2) is 6.70. The maximum Gasteiger partial charge on any atom is 0.253 e. The number of hydrogen-bond acceptors (Lipinski definition) is 6. The molecule has 0 aliphatic carbocycles. The van der Waals surface area contributed by atoms with Gasteiger partial charge in [-0.25, -0.2) is 4.98 Å². The Bertz CT molecular complexity index is 755. The third kappa shape index (κ3) is 3.18. The number of morpholine rings is 1. The molecule has 3 rings (SSSR count). The molecule has 0 spiro atoms. The fraction of sp³-hybridized carbons (Fsp3) is 0.471. The quantitative estimate of drug-likeness (QED) is 0.912. The van der Waals surface area contributed by atoms with E-state index in [1.54, 1.807) is 39.3 Å². The molecule has 0 bridgehead atoms. The van der Waals surface area contributed by atoms with Crippen molar-refractivity contribution >= 4 is 22.8 Å². The van der Waals surface area contributed by atoms with Crippen LogP contribution in [0.1, 0.15) is 28.9 Å². The first-order chi connectivity index (χ1) is 11.5. The van der Waals surface area contributed by atoms with E-state index in [-0.39, 0.29) is 5.91 Å². The smallest absolute Gasteiger partial charge is 0.253 e.